The molecule has 26 heavy (non-hydrogen) atoms. The number of hydrogen-bond donors (Lipinski definition) is 1. The Bertz CT molecular complexity index is 694. The van der Waals surface area contributed by atoms with E-state index in [1.54, 1.807) is 7.11 Å². The number of hydrogen-bond acceptors (Lipinski definition) is 4. The van der Waals surface area contributed by atoms with E-state index >= 15 is 0 Å². The quantitative estimate of drug-likeness (QED) is 0.818. The Morgan fingerprint density at radius 1 is 1.08 bits per heavy atom. The van der Waals surface area contributed by atoms with Crippen molar-refractivity contribution in [1.29, 1.82) is 0 Å². The normalized spacial score (nSPS) is 18.7. The van der Waals surface area contributed by atoms with Crippen LogP contribution in [0.3, 0.4) is 0 Å². The van der Waals surface area contributed by atoms with Gasteiger partial charge in [0, 0.05) is 12.6 Å². The minimum Gasteiger partial charge on any atom is -0.497 e. The predicted molar refractivity (Wildman–Crippen MR) is 104 cm³/mol. The Balaban J connectivity index is 1.56. The molecule has 1 fully saturated rings. The molecule has 1 saturated heterocycles. The van der Waals surface area contributed by atoms with Crippen molar-refractivity contribution in [2.45, 2.75) is 38.8 Å². The van der Waals surface area contributed by atoms with Crippen LogP contribution in [0.25, 0.3) is 0 Å². The minimum absolute atomic E-state index is 0.314. The fourth-order valence-electron chi connectivity index (χ4n) is 3.78. The zero-order chi connectivity index (χ0) is 18.5. The molecule has 140 valence electrons. The van der Waals surface area contributed by atoms with E-state index in [1.165, 1.54) is 16.7 Å². The minimum atomic E-state index is -0.505. The predicted octanol–water partition coefficient (Wildman–Crippen LogP) is 3.89. The molecule has 0 spiro atoms. The van der Waals surface area contributed by atoms with E-state index < -0.39 is 6.10 Å². The Morgan fingerprint density at radius 3 is 2.42 bits per heavy atom. The molecular weight excluding hydrogens is 326 g/mol. The molecule has 0 amide bonds. The van der Waals surface area contributed by atoms with Crippen LogP contribution in [0.2, 0.25) is 0 Å². The number of aliphatic hydroxyl groups excluding tert-OH is 1. The van der Waals surface area contributed by atoms with Gasteiger partial charge in [-0.15, -0.1) is 0 Å². The maximum Gasteiger partial charge on any atom is 0.119 e. The van der Waals surface area contributed by atoms with Gasteiger partial charge in [-0.2, -0.15) is 0 Å². The van der Waals surface area contributed by atoms with Gasteiger partial charge in [-0.1, -0.05) is 18.2 Å². The van der Waals surface area contributed by atoms with Crippen LogP contribution in [-0.4, -0.2) is 42.9 Å². The maximum atomic E-state index is 10.5. The van der Waals surface area contributed by atoms with Crippen LogP contribution in [0.1, 0.15) is 35.6 Å². The second kappa shape index (κ2) is 8.56. The highest BCUT2D eigenvalue weighted by Gasteiger charge is 2.27. The lowest BCUT2D eigenvalue weighted by Crippen LogP contribution is -2.35. The van der Waals surface area contributed by atoms with Gasteiger partial charge in [0.2, 0.25) is 0 Å². The van der Waals surface area contributed by atoms with Crippen molar-refractivity contribution in [3.63, 3.8) is 0 Å². The number of benzene rings is 2. The molecule has 1 heterocycles. The van der Waals surface area contributed by atoms with Crippen LogP contribution in [0.5, 0.6) is 11.5 Å². The van der Waals surface area contributed by atoms with Crippen LogP contribution in [0.15, 0.2) is 42.5 Å². The van der Waals surface area contributed by atoms with Crippen molar-refractivity contribution in [2.24, 2.45) is 0 Å². The van der Waals surface area contributed by atoms with Gasteiger partial charge in [0.15, 0.2) is 0 Å². The van der Waals surface area contributed by atoms with Crippen LogP contribution >= 0.6 is 0 Å². The summed E-state index contributed by atoms with van der Waals surface area (Å²) in [6, 6.07) is 14.8. The zero-order valence-electron chi connectivity index (χ0n) is 15.9. The molecule has 0 saturated carbocycles. The Kier molecular flexibility index (Phi) is 6.17. The number of aliphatic hydroxyl groups is 1. The third-order valence-corrected chi connectivity index (χ3v) is 4.95. The molecule has 0 bridgehead atoms. The summed E-state index contributed by atoms with van der Waals surface area (Å²) < 4.78 is 11.1. The summed E-state index contributed by atoms with van der Waals surface area (Å²) in [4.78, 5) is 2.36. The molecule has 1 aliphatic heterocycles. The van der Waals surface area contributed by atoms with E-state index in [4.69, 9.17) is 9.47 Å². The molecule has 0 aliphatic carbocycles. The highest BCUT2D eigenvalue weighted by atomic mass is 16.5. The van der Waals surface area contributed by atoms with Crippen LogP contribution in [-0.2, 0) is 0 Å². The van der Waals surface area contributed by atoms with Gasteiger partial charge in [0.1, 0.15) is 24.2 Å². The lowest BCUT2D eigenvalue weighted by Gasteiger charge is -2.27. The van der Waals surface area contributed by atoms with Crippen molar-refractivity contribution >= 4 is 0 Å². The van der Waals surface area contributed by atoms with Crippen LogP contribution in [0.4, 0.5) is 0 Å². The van der Waals surface area contributed by atoms with Crippen molar-refractivity contribution in [3.8, 4) is 11.5 Å². The number of β-amino-alcohol motifs (C(OH)–C–C–N with tert-alkyl or cyclic N) is 1. The van der Waals surface area contributed by atoms with Gasteiger partial charge < -0.3 is 14.6 Å². The van der Waals surface area contributed by atoms with Crippen LogP contribution in [0, 0.1) is 13.8 Å². The summed E-state index contributed by atoms with van der Waals surface area (Å²) in [6.07, 6.45) is 1.77. The van der Waals surface area contributed by atoms with Gasteiger partial charge in [0.25, 0.3) is 0 Å². The van der Waals surface area contributed by atoms with Crippen molar-refractivity contribution in [3.05, 3.63) is 59.2 Å². The van der Waals surface area contributed by atoms with Crippen molar-refractivity contribution in [1.82, 2.24) is 4.90 Å². The average molecular weight is 355 g/mol. The fourth-order valence-corrected chi connectivity index (χ4v) is 3.78. The topological polar surface area (TPSA) is 41.9 Å². The summed E-state index contributed by atoms with van der Waals surface area (Å²) in [5, 5.41) is 10.5. The van der Waals surface area contributed by atoms with Crippen molar-refractivity contribution < 1.29 is 14.6 Å². The highest BCUT2D eigenvalue weighted by molar-refractivity contribution is 5.33. The lowest BCUT2D eigenvalue weighted by atomic mass is 10.0. The molecule has 0 radical (unpaired) electrons. The molecule has 2 atom stereocenters. The molecule has 2 unspecified atom stereocenters. The van der Waals surface area contributed by atoms with Crippen molar-refractivity contribution in [2.75, 3.05) is 26.8 Å². The summed E-state index contributed by atoms with van der Waals surface area (Å²) in [5.41, 5.74) is 3.63. The monoisotopic (exact) mass is 355 g/mol. The zero-order valence-corrected chi connectivity index (χ0v) is 15.9. The van der Waals surface area contributed by atoms with Gasteiger partial charge in [-0.25, -0.2) is 0 Å². The molecule has 4 heteroatoms. The van der Waals surface area contributed by atoms with Gasteiger partial charge >= 0.3 is 0 Å². The number of aryl methyl sites for hydroxylation is 2. The number of likely N-dealkylation sites (tertiary alicyclic amines) is 1. The van der Waals surface area contributed by atoms with E-state index in [0.717, 1.165) is 30.9 Å². The smallest absolute Gasteiger partial charge is 0.119 e. The molecule has 1 N–H and O–H groups in total. The second-order valence-corrected chi connectivity index (χ2v) is 7.21. The van der Waals surface area contributed by atoms with E-state index in [-0.39, 0.29) is 0 Å². The molecule has 3 rings (SSSR count). The first-order valence-corrected chi connectivity index (χ1v) is 9.32. The summed E-state index contributed by atoms with van der Waals surface area (Å²) in [7, 11) is 1.68. The third-order valence-electron chi connectivity index (χ3n) is 4.95. The Labute approximate surface area is 156 Å². The lowest BCUT2D eigenvalue weighted by molar-refractivity contribution is 0.0638. The fraction of sp³-hybridized carbons (Fsp3) is 0.455. The van der Waals surface area contributed by atoms with Gasteiger partial charge in [-0.05, 0) is 74.2 Å². The molecule has 4 nitrogen and oxygen atoms in total. The number of ether oxygens (including phenoxy) is 2. The second-order valence-electron chi connectivity index (χ2n) is 7.21. The third kappa shape index (κ3) is 4.77. The standard InChI is InChI=1S/C22H29NO3/c1-16-11-17(2)13-21(12-16)26-15-19(24)14-23-10-4-5-22(23)18-6-8-20(25-3)9-7-18/h6-9,11-13,19,22,24H,4-5,10,14-15H2,1-3H3. The first-order valence-electron chi connectivity index (χ1n) is 9.32. The number of rotatable bonds is 7. The molecule has 1 aliphatic rings. The van der Waals surface area contributed by atoms with Gasteiger partial charge in [0.05, 0.1) is 7.11 Å². The first kappa shape index (κ1) is 18.7. The largest absolute Gasteiger partial charge is 0.497 e. The molecule has 2 aromatic carbocycles. The molecule has 2 aromatic rings. The number of nitrogens with zero attached hydrogens (tertiary/aromatic N) is 1. The van der Waals surface area contributed by atoms with E-state index in [9.17, 15) is 5.11 Å². The Hall–Kier alpha value is -2.04. The van der Waals surface area contributed by atoms with Crippen LogP contribution < -0.4 is 9.47 Å². The first-order chi connectivity index (χ1) is 12.5. The SMILES string of the molecule is COc1ccc(C2CCCN2CC(O)COc2cc(C)cc(C)c2)cc1. The number of methoxy groups -OCH3 is 1. The summed E-state index contributed by atoms with van der Waals surface area (Å²) >= 11 is 0. The summed E-state index contributed by atoms with van der Waals surface area (Å²) in [6.45, 7) is 6.06. The highest BCUT2D eigenvalue weighted by Crippen LogP contribution is 2.32. The van der Waals surface area contributed by atoms with Gasteiger partial charge in [-0.3, -0.25) is 4.90 Å². The maximum absolute atomic E-state index is 10.5. The Morgan fingerprint density at radius 2 is 1.77 bits per heavy atom. The summed E-state index contributed by atoms with van der Waals surface area (Å²) in [5.74, 6) is 1.70. The van der Waals surface area contributed by atoms with E-state index in [2.05, 4.69) is 36.9 Å². The molecule has 0 aromatic heterocycles. The molecular formula is C22H29NO3. The van der Waals surface area contributed by atoms with E-state index in [1.807, 2.05) is 24.3 Å². The average Bonchev–Trinajstić information content (AvgIpc) is 3.07. The van der Waals surface area contributed by atoms with E-state index in [0.29, 0.717) is 19.2 Å².